The van der Waals surface area contributed by atoms with E-state index in [2.05, 4.69) is 48.5 Å². The van der Waals surface area contributed by atoms with Crippen LogP contribution in [0.2, 0.25) is 0 Å². The van der Waals surface area contributed by atoms with E-state index in [0.717, 1.165) is 11.1 Å². The second-order valence-electron chi connectivity index (χ2n) is 10.2. The number of hydrogen-bond acceptors (Lipinski definition) is 3. The first-order valence-electron chi connectivity index (χ1n) is 11.3. The molecule has 0 N–H and O–H groups in total. The highest BCUT2D eigenvalue weighted by Gasteiger charge is 2.97. The molecular formula is C25H23N3O3. The van der Waals surface area contributed by atoms with Crippen LogP contribution in [0.3, 0.4) is 0 Å². The molecule has 0 spiro atoms. The first-order valence-corrected chi connectivity index (χ1v) is 11.3. The fourth-order valence-electron chi connectivity index (χ4n) is 8.33. The summed E-state index contributed by atoms with van der Waals surface area (Å²) in [5.74, 6) is 2.97. The normalized spacial score (nSPS) is 39.1. The standard InChI is InChI=1S/C25H23N3O3/c1-26-23(29)27-20-16-15-17(16)22(28(27)24(26)30)25(18(15)19(20)25)12-31-21(13-8-4-2-5-9-13)14-10-6-3-7-11-14/h2-11,15-22H,12H2,1H3/t15-,16-,17+,18+,19-,20+,22-,25-/m0/s1. The zero-order valence-corrected chi connectivity index (χ0v) is 17.2. The van der Waals surface area contributed by atoms with E-state index >= 15 is 0 Å². The molecule has 2 bridgehead atoms. The van der Waals surface area contributed by atoms with Crippen LogP contribution in [-0.2, 0) is 11.8 Å². The van der Waals surface area contributed by atoms with E-state index in [0.29, 0.717) is 36.2 Å². The van der Waals surface area contributed by atoms with E-state index in [1.54, 1.807) is 7.05 Å². The van der Waals surface area contributed by atoms with Gasteiger partial charge in [-0.05, 0) is 40.7 Å². The second kappa shape index (κ2) is 5.13. The van der Waals surface area contributed by atoms with Crippen molar-refractivity contribution < 1.29 is 4.74 Å². The Morgan fingerprint density at radius 3 is 2.10 bits per heavy atom. The lowest BCUT2D eigenvalue weighted by Gasteiger charge is -2.43. The van der Waals surface area contributed by atoms with Crippen molar-refractivity contribution in [3.63, 3.8) is 0 Å². The number of benzene rings is 2. The molecule has 156 valence electrons. The monoisotopic (exact) mass is 413 g/mol. The van der Waals surface area contributed by atoms with Crippen LogP contribution in [0, 0.1) is 35.0 Å². The lowest BCUT2D eigenvalue weighted by molar-refractivity contribution is -0.0312. The Balaban J connectivity index is 1.19. The summed E-state index contributed by atoms with van der Waals surface area (Å²) in [5, 5.41) is 0. The van der Waals surface area contributed by atoms with Gasteiger partial charge < -0.3 is 4.74 Å². The molecule has 6 heteroatoms. The maximum atomic E-state index is 12.9. The van der Waals surface area contributed by atoms with Gasteiger partial charge >= 0.3 is 11.4 Å². The summed E-state index contributed by atoms with van der Waals surface area (Å²) in [6.07, 6.45) is -0.126. The Morgan fingerprint density at radius 2 is 1.45 bits per heavy atom. The summed E-state index contributed by atoms with van der Waals surface area (Å²) >= 11 is 0. The van der Waals surface area contributed by atoms with Crippen LogP contribution in [0.25, 0.3) is 0 Å². The third-order valence-corrected chi connectivity index (χ3v) is 9.25. The molecular weight excluding hydrogens is 390 g/mol. The maximum Gasteiger partial charge on any atom is 0.347 e. The van der Waals surface area contributed by atoms with Gasteiger partial charge in [-0.15, -0.1) is 0 Å². The fraction of sp³-hybridized carbons (Fsp3) is 0.440. The predicted octanol–water partition coefficient (Wildman–Crippen LogP) is 2.37. The quantitative estimate of drug-likeness (QED) is 0.645. The smallest absolute Gasteiger partial charge is 0.347 e. The molecule has 6 aliphatic rings. The van der Waals surface area contributed by atoms with Gasteiger partial charge in [-0.1, -0.05) is 60.7 Å². The molecule has 3 aromatic rings. The lowest BCUT2D eigenvalue weighted by atomic mass is 9.79. The average Bonchev–Trinajstić information content (AvgIpc) is 3.61. The van der Waals surface area contributed by atoms with Crippen molar-refractivity contribution in [2.75, 3.05) is 6.61 Å². The molecule has 1 aromatic heterocycles. The minimum atomic E-state index is -0.155. The molecule has 2 aromatic carbocycles. The van der Waals surface area contributed by atoms with Gasteiger partial charge in [0.1, 0.15) is 6.10 Å². The zero-order valence-electron chi connectivity index (χ0n) is 17.2. The van der Waals surface area contributed by atoms with Gasteiger partial charge in [0.25, 0.3) is 0 Å². The topological polar surface area (TPSA) is 58.2 Å². The number of aromatic nitrogens is 3. The highest BCUT2D eigenvalue weighted by molar-refractivity contribution is 5.43. The molecule has 0 amide bonds. The molecule has 2 aliphatic heterocycles. The van der Waals surface area contributed by atoms with Gasteiger partial charge in [-0.3, -0.25) is 0 Å². The summed E-state index contributed by atoms with van der Waals surface area (Å²) in [4.78, 5) is 25.7. The molecule has 3 heterocycles. The molecule has 4 fully saturated rings. The van der Waals surface area contributed by atoms with Crippen LogP contribution in [-0.4, -0.2) is 20.5 Å². The molecule has 6 nitrogen and oxygen atoms in total. The van der Waals surface area contributed by atoms with Gasteiger partial charge in [-0.2, -0.15) is 0 Å². The van der Waals surface area contributed by atoms with Crippen LogP contribution in [0.4, 0.5) is 0 Å². The number of ether oxygens (including phenoxy) is 1. The SMILES string of the molecule is Cn1c(=O)n2n(c1=O)[C@H]1[C@H]3[C@@H]4[C@@H]3[C@@H]3[C@@H]([C@@H]42)[C@]31COC(c1ccccc1)c1ccccc1. The van der Waals surface area contributed by atoms with E-state index in [-0.39, 0.29) is 35.0 Å². The van der Waals surface area contributed by atoms with Crippen LogP contribution in [0.1, 0.15) is 29.3 Å². The third kappa shape index (κ3) is 1.68. The van der Waals surface area contributed by atoms with Gasteiger partial charge in [0.15, 0.2) is 0 Å². The van der Waals surface area contributed by atoms with Crippen molar-refractivity contribution in [1.82, 2.24) is 13.9 Å². The van der Waals surface area contributed by atoms with Crippen molar-refractivity contribution in [3.8, 4) is 0 Å². The van der Waals surface area contributed by atoms with Gasteiger partial charge in [0.2, 0.25) is 0 Å². The highest BCUT2D eigenvalue weighted by atomic mass is 16.5. The van der Waals surface area contributed by atoms with Crippen molar-refractivity contribution in [3.05, 3.63) is 92.8 Å². The lowest BCUT2D eigenvalue weighted by Crippen LogP contribution is -2.50. The molecule has 9 rings (SSSR count). The molecule has 31 heavy (non-hydrogen) atoms. The van der Waals surface area contributed by atoms with Gasteiger partial charge in [0, 0.05) is 12.5 Å². The van der Waals surface area contributed by atoms with Gasteiger partial charge in [0.05, 0.1) is 18.7 Å². The number of rotatable bonds is 5. The van der Waals surface area contributed by atoms with E-state index in [1.165, 1.54) is 4.57 Å². The summed E-state index contributed by atoms with van der Waals surface area (Å²) in [6.45, 7) is 0.646. The maximum absolute atomic E-state index is 12.9. The summed E-state index contributed by atoms with van der Waals surface area (Å²) in [6, 6.07) is 21.1. The Bertz CT molecular complexity index is 1320. The molecule has 4 aliphatic carbocycles. The Kier molecular flexibility index (Phi) is 2.78. The highest BCUT2D eigenvalue weighted by Crippen LogP contribution is 2.97. The summed E-state index contributed by atoms with van der Waals surface area (Å²) < 4.78 is 11.7. The zero-order chi connectivity index (χ0) is 20.6. The van der Waals surface area contributed by atoms with Crippen molar-refractivity contribution in [2.24, 2.45) is 42.1 Å². The first-order chi connectivity index (χ1) is 15.2. The van der Waals surface area contributed by atoms with E-state index in [1.807, 2.05) is 21.5 Å². The molecule has 0 unspecified atom stereocenters. The van der Waals surface area contributed by atoms with Crippen LogP contribution in [0.15, 0.2) is 70.3 Å². The fourth-order valence-corrected chi connectivity index (χ4v) is 8.33. The Labute approximate surface area is 178 Å². The van der Waals surface area contributed by atoms with E-state index < -0.39 is 0 Å². The first kappa shape index (κ1) is 16.8. The van der Waals surface area contributed by atoms with Crippen LogP contribution >= 0.6 is 0 Å². The largest absolute Gasteiger partial charge is 0.368 e. The van der Waals surface area contributed by atoms with Gasteiger partial charge in [-0.25, -0.2) is 23.5 Å². The Hall–Kier alpha value is -2.86. The van der Waals surface area contributed by atoms with E-state index in [4.69, 9.17) is 4.74 Å². The summed E-state index contributed by atoms with van der Waals surface area (Å²) in [5.41, 5.74) is 2.02. The molecule has 4 saturated carbocycles. The molecule has 0 saturated heterocycles. The summed E-state index contributed by atoms with van der Waals surface area (Å²) in [7, 11) is 1.61. The number of nitrogens with zero attached hydrogens (tertiary/aromatic N) is 3. The minimum absolute atomic E-state index is 0.0220. The Morgan fingerprint density at radius 1 is 0.839 bits per heavy atom. The van der Waals surface area contributed by atoms with E-state index in [9.17, 15) is 9.59 Å². The molecule has 8 atom stereocenters. The average molecular weight is 413 g/mol. The second-order valence-corrected chi connectivity index (χ2v) is 10.2. The van der Waals surface area contributed by atoms with Crippen molar-refractivity contribution >= 4 is 0 Å². The van der Waals surface area contributed by atoms with Crippen molar-refractivity contribution in [2.45, 2.75) is 18.2 Å². The van der Waals surface area contributed by atoms with Crippen LogP contribution < -0.4 is 11.4 Å². The van der Waals surface area contributed by atoms with Crippen molar-refractivity contribution in [1.29, 1.82) is 0 Å². The number of hydrogen-bond donors (Lipinski definition) is 0. The third-order valence-electron chi connectivity index (χ3n) is 9.25. The molecule has 0 radical (unpaired) electrons. The minimum Gasteiger partial charge on any atom is -0.368 e. The predicted molar refractivity (Wildman–Crippen MR) is 113 cm³/mol. The van der Waals surface area contributed by atoms with Crippen LogP contribution in [0.5, 0.6) is 0 Å².